The van der Waals surface area contributed by atoms with Gasteiger partial charge in [0.2, 0.25) is 5.91 Å². The van der Waals surface area contributed by atoms with Gasteiger partial charge in [-0.05, 0) is 27.2 Å². The first kappa shape index (κ1) is 14.0. The average molecular weight is 241 g/mol. The van der Waals surface area contributed by atoms with E-state index in [0.29, 0.717) is 6.42 Å². The highest BCUT2D eigenvalue weighted by molar-refractivity contribution is 6.21. The van der Waals surface area contributed by atoms with Crippen molar-refractivity contribution in [1.29, 1.82) is 0 Å². The topological polar surface area (TPSA) is 46.3 Å². The molecule has 1 unspecified atom stereocenters. The number of hydrogen-bond acceptors (Lipinski definition) is 2. The fourth-order valence-corrected chi connectivity index (χ4v) is 2.11. The summed E-state index contributed by atoms with van der Waals surface area (Å²) in [6.07, 6.45) is 0.675. The van der Waals surface area contributed by atoms with Gasteiger partial charge in [-0.1, -0.05) is 0 Å². The fourth-order valence-electron chi connectivity index (χ4n) is 1.80. The van der Waals surface area contributed by atoms with Crippen LogP contribution < -0.4 is 5.73 Å². The van der Waals surface area contributed by atoms with E-state index in [2.05, 4.69) is 25.7 Å². The number of nitrogens with zero attached hydrogens (tertiary/aromatic N) is 1. The van der Waals surface area contributed by atoms with Gasteiger partial charge >= 0.3 is 0 Å². The van der Waals surface area contributed by atoms with E-state index < -0.39 is 0 Å². The number of amides is 1. The smallest absolute Gasteiger partial charge is 0.234 e. The first-order valence-electron chi connectivity index (χ1n) is 4.52. The summed E-state index contributed by atoms with van der Waals surface area (Å²) in [4.78, 5) is 13.2. The van der Waals surface area contributed by atoms with Crippen LogP contribution in [0, 0.1) is 0 Å². The first-order valence-corrected chi connectivity index (χ1v) is 4.96. The Morgan fingerprint density at radius 3 is 2.29 bits per heavy atom. The Balaban J connectivity index is 0.00000169. The average Bonchev–Trinajstić information content (AvgIpc) is 2.29. The lowest BCUT2D eigenvalue weighted by molar-refractivity contribution is -0.123. The van der Waals surface area contributed by atoms with Crippen LogP contribution in [-0.4, -0.2) is 34.3 Å². The molecule has 1 fully saturated rings. The van der Waals surface area contributed by atoms with E-state index in [1.807, 2.05) is 0 Å². The summed E-state index contributed by atoms with van der Waals surface area (Å²) in [5.74, 6) is -0.266. The number of nitrogens with two attached hydrogens (primary N) is 1. The molecular weight excluding hydrogens is 223 g/mol. The summed E-state index contributed by atoms with van der Waals surface area (Å²) >= 11 is 6.00. The van der Waals surface area contributed by atoms with Gasteiger partial charge in [-0.2, -0.15) is 0 Å². The predicted molar refractivity (Wildman–Crippen MR) is 60.9 cm³/mol. The summed E-state index contributed by atoms with van der Waals surface area (Å²) in [6, 6.07) is -0.192. The molecule has 0 aromatic carbocycles. The van der Waals surface area contributed by atoms with Gasteiger partial charge in [0, 0.05) is 17.5 Å². The second-order valence-electron chi connectivity index (χ2n) is 4.57. The molecule has 0 saturated carbocycles. The van der Waals surface area contributed by atoms with Gasteiger partial charge in [0.1, 0.15) is 0 Å². The van der Waals surface area contributed by atoms with Crippen molar-refractivity contribution >= 4 is 29.9 Å². The van der Waals surface area contributed by atoms with Gasteiger partial charge in [-0.3, -0.25) is 9.69 Å². The number of rotatable bonds is 1. The highest BCUT2D eigenvalue weighted by Crippen LogP contribution is 2.28. The molecule has 0 aromatic heterocycles. The van der Waals surface area contributed by atoms with Crippen LogP contribution in [0.15, 0.2) is 0 Å². The molecule has 1 heterocycles. The van der Waals surface area contributed by atoms with Gasteiger partial charge in [0.05, 0.1) is 6.04 Å². The van der Waals surface area contributed by atoms with Crippen molar-refractivity contribution in [1.82, 2.24) is 4.90 Å². The molecule has 14 heavy (non-hydrogen) atoms. The first-order chi connectivity index (χ1) is 5.82. The lowest BCUT2D eigenvalue weighted by Gasteiger charge is -2.35. The second-order valence-corrected chi connectivity index (χ2v) is 5.19. The Labute approximate surface area is 96.4 Å². The van der Waals surface area contributed by atoms with Crippen molar-refractivity contribution in [3.05, 3.63) is 0 Å². The van der Waals surface area contributed by atoms with Crippen molar-refractivity contribution in [2.24, 2.45) is 5.73 Å². The van der Waals surface area contributed by atoms with Crippen molar-refractivity contribution in [3.8, 4) is 0 Å². The summed E-state index contributed by atoms with van der Waals surface area (Å²) in [5, 5.41) is 0.0525. The zero-order chi connectivity index (χ0) is 10.2. The lowest BCUT2D eigenvalue weighted by Crippen LogP contribution is -2.49. The zero-order valence-corrected chi connectivity index (χ0v) is 10.4. The third-order valence-electron chi connectivity index (χ3n) is 2.44. The van der Waals surface area contributed by atoms with Gasteiger partial charge in [-0.15, -0.1) is 24.0 Å². The third-order valence-corrected chi connectivity index (χ3v) is 2.76. The largest absolute Gasteiger partial charge is 0.368 e. The van der Waals surface area contributed by atoms with Crippen molar-refractivity contribution in [3.63, 3.8) is 0 Å². The number of carbonyl (C=O) groups excluding carboxylic acids is 1. The normalized spacial score (nSPS) is 28.6. The Kier molecular flexibility index (Phi) is 4.69. The number of carbonyl (C=O) groups is 1. The van der Waals surface area contributed by atoms with E-state index >= 15 is 0 Å². The second kappa shape index (κ2) is 4.69. The van der Waals surface area contributed by atoms with Crippen LogP contribution in [0.1, 0.15) is 27.2 Å². The molecule has 0 aliphatic carbocycles. The summed E-state index contributed by atoms with van der Waals surface area (Å²) in [6.45, 7) is 6.95. The van der Waals surface area contributed by atoms with Crippen LogP contribution in [0.3, 0.4) is 0 Å². The highest BCUT2D eigenvalue weighted by atomic mass is 35.5. The molecule has 0 bridgehead atoms. The predicted octanol–water partition coefficient (Wildman–Crippen LogP) is 1.37. The number of likely N-dealkylation sites (tertiary alicyclic amines) is 1. The minimum absolute atomic E-state index is 0. The maximum Gasteiger partial charge on any atom is 0.234 e. The molecule has 5 heteroatoms. The number of halogens is 2. The van der Waals surface area contributed by atoms with Crippen LogP contribution in [-0.2, 0) is 4.79 Å². The van der Waals surface area contributed by atoms with E-state index in [1.54, 1.807) is 0 Å². The molecule has 2 atom stereocenters. The zero-order valence-electron chi connectivity index (χ0n) is 8.79. The van der Waals surface area contributed by atoms with Crippen LogP contribution >= 0.6 is 24.0 Å². The third kappa shape index (κ3) is 3.01. The highest BCUT2D eigenvalue weighted by Gasteiger charge is 2.40. The Morgan fingerprint density at radius 2 is 2.00 bits per heavy atom. The Bertz CT molecular complexity index is 215. The van der Waals surface area contributed by atoms with Crippen LogP contribution in [0.2, 0.25) is 0 Å². The molecular formula is C9H18Cl2N2O. The van der Waals surface area contributed by atoms with Gasteiger partial charge in [-0.25, -0.2) is 0 Å². The maximum absolute atomic E-state index is 11.1. The quantitative estimate of drug-likeness (QED) is 0.705. The van der Waals surface area contributed by atoms with E-state index in [4.69, 9.17) is 17.3 Å². The molecule has 1 rings (SSSR count). The summed E-state index contributed by atoms with van der Waals surface area (Å²) < 4.78 is 0. The van der Waals surface area contributed by atoms with Crippen molar-refractivity contribution in [2.75, 3.05) is 6.54 Å². The van der Waals surface area contributed by atoms with E-state index in [1.165, 1.54) is 0 Å². The molecule has 0 spiro atoms. The SMILES string of the molecule is CC(C)(C)N1CC(Cl)C[C@H]1C(N)=O.Cl. The molecule has 1 amide bonds. The number of alkyl halides is 1. The van der Waals surface area contributed by atoms with Crippen LogP contribution in [0.4, 0.5) is 0 Å². The van der Waals surface area contributed by atoms with Crippen LogP contribution in [0.25, 0.3) is 0 Å². The van der Waals surface area contributed by atoms with E-state index in [0.717, 1.165) is 6.54 Å². The van der Waals surface area contributed by atoms with E-state index in [9.17, 15) is 4.79 Å². The molecule has 1 saturated heterocycles. The van der Waals surface area contributed by atoms with Crippen LogP contribution in [0.5, 0.6) is 0 Å². The molecule has 3 nitrogen and oxygen atoms in total. The van der Waals surface area contributed by atoms with Gasteiger partial charge in [0.15, 0.2) is 0 Å². The molecule has 1 aliphatic rings. The minimum atomic E-state index is -0.266. The lowest BCUT2D eigenvalue weighted by atomic mass is 10.0. The molecule has 0 radical (unpaired) electrons. The van der Waals surface area contributed by atoms with Crippen molar-refractivity contribution < 1.29 is 4.79 Å². The van der Waals surface area contributed by atoms with Gasteiger partial charge < -0.3 is 5.73 Å². The molecule has 1 aliphatic heterocycles. The molecule has 84 valence electrons. The minimum Gasteiger partial charge on any atom is -0.368 e. The molecule has 2 N–H and O–H groups in total. The van der Waals surface area contributed by atoms with Gasteiger partial charge in [0.25, 0.3) is 0 Å². The summed E-state index contributed by atoms with van der Waals surface area (Å²) in [7, 11) is 0. The fraction of sp³-hybridized carbons (Fsp3) is 0.889. The number of primary amides is 1. The van der Waals surface area contributed by atoms with Crippen molar-refractivity contribution in [2.45, 2.75) is 44.1 Å². The maximum atomic E-state index is 11.1. The Morgan fingerprint density at radius 1 is 1.50 bits per heavy atom. The monoisotopic (exact) mass is 240 g/mol. The number of hydrogen-bond donors (Lipinski definition) is 1. The molecule has 0 aromatic rings. The standard InChI is InChI=1S/C9H17ClN2O.ClH/c1-9(2,3)12-5-6(10)4-7(12)8(11)13;/h6-7H,4-5H2,1-3H3,(H2,11,13);1H/t6?,7-;/m0./s1. The Hall–Kier alpha value is 0.01000. The van der Waals surface area contributed by atoms with E-state index in [-0.39, 0.29) is 35.3 Å². The summed E-state index contributed by atoms with van der Waals surface area (Å²) in [5.41, 5.74) is 5.27.